The average Bonchev–Trinajstić information content (AvgIpc) is 2.89. The molecule has 0 saturated carbocycles. The van der Waals surface area contributed by atoms with Crippen molar-refractivity contribution in [2.75, 3.05) is 13.7 Å². The molecule has 1 aromatic carbocycles. The summed E-state index contributed by atoms with van der Waals surface area (Å²) in [6, 6.07) is 7.37. The van der Waals surface area contributed by atoms with E-state index in [1.807, 2.05) is 38.1 Å². The smallest absolute Gasteiger partial charge is 0.374 e. The van der Waals surface area contributed by atoms with Crippen LogP contribution in [0.1, 0.15) is 39.2 Å². The fourth-order valence-electron chi connectivity index (χ4n) is 2.68. The van der Waals surface area contributed by atoms with E-state index in [4.69, 9.17) is 18.9 Å². The summed E-state index contributed by atoms with van der Waals surface area (Å²) in [5.74, 6) is 0.0799. The number of cyclic esters (lactones) is 1. The van der Waals surface area contributed by atoms with Crippen molar-refractivity contribution >= 4 is 17.5 Å². The third kappa shape index (κ3) is 4.75. The first-order valence-electron chi connectivity index (χ1n) is 8.38. The van der Waals surface area contributed by atoms with Crippen molar-refractivity contribution < 1.29 is 28.5 Å². The fourth-order valence-corrected chi connectivity index (χ4v) is 2.68. The van der Waals surface area contributed by atoms with Gasteiger partial charge >= 0.3 is 11.9 Å². The van der Waals surface area contributed by atoms with Crippen LogP contribution < -0.4 is 4.74 Å². The molecule has 0 bridgehead atoms. The van der Waals surface area contributed by atoms with E-state index in [-0.39, 0.29) is 24.3 Å². The molecule has 1 atom stereocenters. The first-order valence-corrected chi connectivity index (χ1v) is 8.38. The van der Waals surface area contributed by atoms with Gasteiger partial charge in [0.1, 0.15) is 11.9 Å². The number of carbonyl (C=O) groups excluding carboxylic acids is 2. The van der Waals surface area contributed by atoms with Gasteiger partial charge in [-0.25, -0.2) is 4.79 Å². The van der Waals surface area contributed by atoms with Crippen LogP contribution in [0.25, 0.3) is 5.57 Å². The lowest BCUT2D eigenvalue weighted by Gasteiger charge is -2.15. The highest BCUT2D eigenvalue weighted by Gasteiger charge is 2.36. The third-order valence-electron chi connectivity index (χ3n) is 3.66. The van der Waals surface area contributed by atoms with Gasteiger partial charge in [-0.1, -0.05) is 12.1 Å². The van der Waals surface area contributed by atoms with E-state index in [0.29, 0.717) is 18.6 Å². The van der Waals surface area contributed by atoms with Gasteiger partial charge in [0.15, 0.2) is 0 Å². The molecule has 1 unspecified atom stereocenters. The predicted octanol–water partition coefficient (Wildman–Crippen LogP) is 3.10. The van der Waals surface area contributed by atoms with E-state index in [1.165, 1.54) is 7.11 Å². The van der Waals surface area contributed by atoms with Crippen molar-refractivity contribution in [1.82, 2.24) is 0 Å². The SMILES string of the molecule is CCOC(=O)CCC1OC(=O)C(OC)=C1c1ccc(OC(C)C)cc1. The minimum absolute atomic E-state index is 0.0771. The first-order chi connectivity index (χ1) is 12.0. The molecule has 0 aliphatic carbocycles. The quantitative estimate of drug-likeness (QED) is 0.672. The highest BCUT2D eigenvalue weighted by Crippen LogP contribution is 2.35. The fraction of sp³-hybridized carbons (Fsp3) is 0.474. The maximum Gasteiger partial charge on any atom is 0.374 e. The van der Waals surface area contributed by atoms with E-state index < -0.39 is 12.1 Å². The Balaban J connectivity index is 2.21. The van der Waals surface area contributed by atoms with Crippen LogP contribution in [0.2, 0.25) is 0 Å². The number of rotatable bonds is 8. The third-order valence-corrected chi connectivity index (χ3v) is 3.66. The van der Waals surface area contributed by atoms with Crippen LogP contribution in [0.3, 0.4) is 0 Å². The van der Waals surface area contributed by atoms with Gasteiger partial charge in [-0.2, -0.15) is 0 Å². The molecule has 0 saturated heterocycles. The second kappa shape index (κ2) is 8.55. The number of carbonyl (C=O) groups is 2. The predicted molar refractivity (Wildman–Crippen MR) is 91.9 cm³/mol. The summed E-state index contributed by atoms with van der Waals surface area (Å²) in [6.45, 7) is 5.98. The Hall–Kier alpha value is -2.50. The minimum atomic E-state index is -0.538. The Morgan fingerprint density at radius 3 is 2.48 bits per heavy atom. The molecule has 1 aromatic rings. The van der Waals surface area contributed by atoms with Crippen molar-refractivity contribution in [3.05, 3.63) is 35.6 Å². The molecule has 0 spiro atoms. The molecule has 2 rings (SSSR count). The summed E-state index contributed by atoms with van der Waals surface area (Å²) in [5.41, 5.74) is 1.44. The molecule has 6 nitrogen and oxygen atoms in total. The van der Waals surface area contributed by atoms with Gasteiger partial charge in [0.25, 0.3) is 0 Å². The Labute approximate surface area is 147 Å². The molecule has 1 aliphatic heterocycles. The Bertz CT molecular complexity index is 644. The van der Waals surface area contributed by atoms with Crippen LogP contribution in [0, 0.1) is 0 Å². The second-order valence-electron chi connectivity index (χ2n) is 5.88. The molecular weight excluding hydrogens is 324 g/mol. The number of hydrogen-bond donors (Lipinski definition) is 0. The molecule has 0 aromatic heterocycles. The summed E-state index contributed by atoms with van der Waals surface area (Å²) in [4.78, 5) is 23.6. The number of ether oxygens (including phenoxy) is 4. The highest BCUT2D eigenvalue weighted by molar-refractivity contribution is 6.01. The lowest BCUT2D eigenvalue weighted by molar-refractivity contribution is -0.147. The topological polar surface area (TPSA) is 71.1 Å². The molecular formula is C19H24O6. The van der Waals surface area contributed by atoms with Gasteiger partial charge in [0.05, 0.1) is 19.8 Å². The molecule has 0 radical (unpaired) electrons. The molecule has 1 aliphatic rings. The molecule has 0 N–H and O–H groups in total. The van der Waals surface area contributed by atoms with Gasteiger partial charge in [-0.15, -0.1) is 0 Å². The zero-order chi connectivity index (χ0) is 18.4. The highest BCUT2D eigenvalue weighted by atomic mass is 16.6. The monoisotopic (exact) mass is 348 g/mol. The summed E-state index contributed by atoms with van der Waals surface area (Å²) in [6.07, 6.45) is 0.0507. The average molecular weight is 348 g/mol. The first kappa shape index (κ1) is 18.8. The van der Waals surface area contributed by atoms with Gasteiger partial charge in [0, 0.05) is 12.0 Å². The van der Waals surface area contributed by atoms with Gasteiger partial charge in [-0.3, -0.25) is 4.79 Å². The molecule has 0 amide bonds. The summed E-state index contributed by atoms with van der Waals surface area (Å²) in [5, 5.41) is 0. The van der Waals surface area contributed by atoms with E-state index in [0.717, 1.165) is 11.3 Å². The molecule has 0 fully saturated rings. The van der Waals surface area contributed by atoms with Crippen LogP contribution in [0.15, 0.2) is 30.0 Å². The number of hydrogen-bond acceptors (Lipinski definition) is 6. The van der Waals surface area contributed by atoms with Crippen molar-refractivity contribution in [3.63, 3.8) is 0 Å². The summed E-state index contributed by atoms with van der Waals surface area (Å²) in [7, 11) is 1.43. The van der Waals surface area contributed by atoms with Gasteiger partial charge < -0.3 is 18.9 Å². The normalized spacial score (nSPS) is 16.8. The van der Waals surface area contributed by atoms with Crippen molar-refractivity contribution in [1.29, 1.82) is 0 Å². The van der Waals surface area contributed by atoms with Crippen LogP contribution >= 0.6 is 0 Å². The Kier molecular flexibility index (Phi) is 6.44. The molecule has 6 heteroatoms. The lowest BCUT2D eigenvalue weighted by Crippen LogP contribution is -2.15. The van der Waals surface area contributed by atoms with Crippen LogP contribution in [-0.4, -0.2) is 37.9 Å². The molecule has 136 valence electrons. The van der Waals surface area contributed by atoms with Gasteiger partial charge in [0.2, 0.25) is 5.76 Å². The van der Waals surface area contributed by atoms with E-state index >= 15 is 0 Å². The van der Waals surface area contributed by atoms with Crippen molar-refractivity contribution in [2.24, 2.45) is 0 Å². The van der Waals surface area contributed by atoms with Crippen molar-refractivity contribution in [3.8, 4) is 5.75 Å². The largest absolute Gasteiger partial charge is 0.491 e. The maximum absolute atomic E-state index is 12.0. The number of esters is 2. The molecule has 25 heavy (non-hydrogen) atoms. The zero-order valence-electron chi connectivity index (χ0n) is 15.0. The second-order valence-corrected chi connectivity index (χ2v) is 5.88. The van der Waals surface area contributed by atoms with E-state index in [1.54, 1.807) is 6.92 Å². The molecule has 1 heterocycles. The Morgan fingerprint density at radius 1 is 1.24 bits per heavy atom. The minimum Gasteiger partial charge on any atom is -0.491 e. The maximum atomic E-state index is 12.0. The van der Waals surface area contributed by atoms with Crippen molar-refractivity contribution in [2.45, 2.75) is 45.8 Å². The standard InChI is InChI=1S/C19H24O6/c1-5-23-16(20)11-10-15-17(18(22-4)19(21)25-15)13-6-8-14(9-7-13)24-12(2)3/h6-9,12,15H,5,10-11H2,1-4H3. The van der Waals surface area contributed by atoms with E-state index in [2.05, 4.69) is 0 Å². The number of benzene rings is 1. The van der Waals surface area contributed by atoms with Crippen LogP contribution in [-0.2, 0) is 23.8 Å². The van der Waals surface area contributed by atoms with Gasteiger partial charge in [-0.05, 0) is 44.9 Å². The Morgan fingerprint density at radius 2 is 1.92 bits per heavy atom. The summed E-state index contributed by atoms with van der Waals surface area (Å²) < 4.78 is 21.2. The lowest BCUT2D eigenvalue weighted by atomic mass is 9.97. The van der Waals surface area contributed by atoms with Crippen LogP contribution in [0.5, 0.6) is 5.75 Å². The zero-order valence-corrected chi connectivity index (χ0v) is 15.0. The summed E-state index contributed by atoms with van der Waals surface area (Å²) >= 11 is 0. The number of methoxy groups -OCH3 is 1. The van der Waals surface area contributed by atoms with Crippen LogP contribution in [0.4, 0.5) is 0 Å². The van der Waals surface area contributed by atoms with E-state index in [9.17, 15) is 9.59 Å².